The molecule has 2 rings (SSSR count). The highest BCUT2D eigenvalue weighted by molar-refractivity contribution is 7.80. The molecule has 0 aliphatic carbocycles. The van der Waals surface area contributed by atoms with Crippen LogP contribution in [0.4, 0.5) is 0 Å². The molecule has 0 spiro atoms. The number of carbonyl (C=O) groups is 1. The van der Waals surface area contributed by atoms with Gasteiger partial charge in [0.15, 0.2) is 11.3 Å². The topological polar surface area (TPSA) is 61.8 Å². The summed E-state index contributed by atoms with van der Waals surface area (Å²) in [6, 6.07) is 7.53. The number of nitrogens with zero attached hydrogens (tertiary/aromatic N) is 1. The number of hydrogen-bond donors (Lipinski definition) is 2. The molecule has 0 bridgehead atoms. The lowest BCUT2D eigenvalue weighted by Gasteiger charge is -2.32. The summed E-state index contributed by atoms with van der Waals surface area (Å²) in [6.07, 6.45) is 4.01. The molecule has 1 aliphatic rings. The normalized spacial score (nSPS) is 20.6. The maximum atomic E-state index is 12.3. The molecular weight excluding hydrogens is 300 g/mol. The fourth-order valence-electron chi connectivity index (χ4n) is 2.15. The molecule has 1 aromatic carbocycles. The van der Waals surface area contributed by atoms with Gasteiger partial charge >= 0.3 is 0 Å². The van der Waals surface area contributed by atoms with Crippen molar-refractivity contribution in [1.29, 1.82) is 0 Å². The lowest BCUT2D eigenvalue weighted by molar-refractivity contribution is -0.125. The molecule has 116 valence electrons. The first-order valence-electron chi connectivity index (χ1n) is 6.90. The van der Waals surface area contributed by atoms with Gasteiger partial charge in [0.25, 0.3) is 5.91 Å². The van der Waals surface area contributed by atoms with Gasteiger partial charge in [0, 0.05) is 12.1 Å². The molecule has 1 aliphatic heterocycles. The van der Waals surface area contributed by atoms with E-state index in [1.54, 1.807) is 19.3 Å². The summed E-state index contributed by atoms with van der Waals surface area (Å²) in [5.41, 5.74) is 1.14. The number of carbonyl (C=O) groups excluding carboxylic acids is 1. The van der Waals surface area contributed by atoms with Crippen molar-refractivity contribution in [2.24, 2.45) is 0 Å². The molecule has 1 fully saturated rings. The number of aliphatic hydroxyl groups excluding tert-OH is 1. The minimum Gasteiger partial charge on any atom is -0.496 e. The van der Waals surface area contributed by atoms with Crippen LogP contribution >= 0.6 is 12.2 Å². The van der Waals surface area contributed by atoms with Crippen LogP contribution in [0.5, 0.6) is 5.75 Å². The third-order valence-electron chi connectivity index (χ3n) is 3.30. The number of para-hydroxylation sites is 1. The summed E-state index contributed by atoms with van der Waals surface area (Å²) in [5, 5.41) is 12.9. The Balaban J connectivity index is 2.23. The zero-order valence-corrected chi connectivity index (χ0v) is 13.3. The number of benzene rings is 1. The highest BCUT2D eigenvalue weighted by Gasteiger charge is 2.31. The zero-order chi connectivity index (χ0) is 16.1. The number of allylic oxidation sites excluding steroid dienone is 2. The van der Waals surface area contributed by atoms with E-state index in [0.717, 1.165) is 11.3 Å². The average Bonchev–Trinajstić information content (AvgIpc) is 2.51. The number of methoxy groups -OCH3 is 1. The maximum Gasteiger partial charge on any atom is 0.260 e. The zero-order valence-electron chi connectivity index (χ0n) is 12.4. The van der Waals surface area contributed by atoms with Gasteiger partial charge in [0.2, 0.25) is 0 Å². The Labute approximate surface area is 134 Å². The predicted octanol–water partition coefficient (Wildman–Crippen LogP) is 1.69. The van der Waals surface area contributed by atoms with Gasteiger partial charge in [-0.15, -0.1) is 0 Å². The minimum absolute atomic E-state index is 0.242. The van der Waals surface area contributed by atoms with Crippen LogP contribution in [0.1, 0.15) is 12.5 Å². The lowest BCUT2D eigenvalue weighted by atomic mass is 10.1. The second kappa shape index (κ2) is 7.20. The van der Waals surface area contributed by atoms with Crippen molar-refractivity contribution in [3.8, 4) is 5.75 Å². The first kappa shape index (κ1) is 16.2. The molecule has 0 saturated carbocycles. The van der Waals surface area contributed by atoms with E-state index in [2.05, 4.69) is 5.32 Å². The highest BCUT2D eigenvalue weighted by atomic mass is 32.1. The van der Waals surface area contributed by atoms with Crippen molar-refractivity contribution in [1.82, 2.24) is 10.2 Å². The standard InChI is InChI=1S/C16H18N2O3S/c1-3-18-15(20)12(14(19)17-16(18)22)9-6-8-11-7-4-5-10-13(11)21-2/h4-10,14,19H,3H2,1-2H3,(H,17,22)/b8-6+,12-9+. The summed E-state index contributed by atoms with van der Waals surface area (Å²) in [5.74, 6) is 0.450. The number of amides is 1. The van der Waals surface area contributed by atoms with Gasteiger partial charge in [-0.25, -0.2) is 0 Å². The molecular formula is C16H18N2O3S. The molecule has 2 N–H and O–H groups in total. The molecule has 1 heterocycles. The Morgan fingerprint density at radius 2 is 2.18 bits per heavy atom. The van der Waals surface area contributed by atoms with Crippen LogP contribution in [0.25, 0.3) is 6.08 Å². The fourth-order valence-corrected chi connectivity index (χ4v) is 2.47. The van der Waals surface area contributed by atoms with Crippen LogP contribution < -0.4 is 10.1 Å². The summed E-state index contributed by atoms with van der Waals surface area (Å²) >= 11 is 5.03. The van der Waals surface area contributed by atoms with Crippen LogP contribution in [0, 0.1) is 0 Å². The maximum absolute atomic E-state index is 12.3. The Bertz CT molecular complexity index is 640. The van der Waals surface area contributed by atoms with E-state index in [1.807, 2.05) is 37.3 Å². The van der Waals surface area contributed by atoms with Gasteiger partial charge in [0.1, 0.15) is 5.75 Å². The van der Waals surface area contributed by atoms with E-state index in [4.69, 9.17) is 17.0 Å². The van der Waals surface area contributed by atoms with Crippen molar-refractivity contribution >= 4 is 29.3 Å². The Kier molecular flexibility index (Phi) is 5.30. The smallest absolute Gasteiger partial charge is 0.260 e. The van der Waals surface area contributed by atoms with Gasteiger partial charge in [-0.2, -0.15) is 0 Å². The van der Waals surface area contributed by atoms with E-state index in [0.29, 0.717) is 6.54 Å². The van der Waals surface area contributed by atoms with Crippen LogP contribution in [0.2, 0.25) is 0 Å². The average molecular weight is 318 g/mol. The third-order valence-corrected chi connectivity index (χ3v) is 3.64. The van der Waals surface area contributed by atoms with Gasteiger partial charge in [-0.05, 0) is 31.3 Å². The van der Waals surface area contributed by atoms with Crippen LogP contribution in [-0.2, 0) is 4.79 Å². The molecule has 0 aromatic heterocycles. The molecule has 1 aromatic rings. The van der Waals surface area contributed by atoms with Gasteiger partial charge in [-0.3, -0.25) is 9.69 Å². The molecule has 22 heavy (non-hydrogen) atoms. The number of hydrogen-bond acceptors (Lipinski definition) is 4. The summed E-state index contributed by atoms with van der Waals surface area (Å²) in [7, 11) is 1.60. The number of ether oxygens (including phenoxy) is 1. The lowest BCUT2D eigenvalue weighted by Crippen LogP contribution is -2.55. The summed E-state index contributed by atoms with van der Waals surface area (Å²) < 4.78 is 5.25. The third kappa shape index (κ3) is 3.35. The first-order chi connectivity index (χ1) is 10.6. The van der Waals surface area contributed by atoms with Gasteiger partial charge in [-0.1, -0.05) is 30.4 Å². The van der Waals surface area contributed by atoms with Crippen LogP contribution in [-0.4, -0.2) is 40.9 Å². The first-order valence-corrected chi connectivity index (χ1v) is 7.31. The monoisotopic (exact) mass is 318 g/mol. The highest BCUT2D eigenvalue weighted by Crippen LogP contribution is 2.19. The number of nitrogens with one attached hydrogen (secondary N) is 1. The minimum atomic E-state index is -1.09. The molecule has 1 saturated heterocycles. The van der Waals surface area contributed by atoms with Crippen LogP contribution in [0.15, 0.2) is 42.0 Å². The van der Waals surface area contributed by atoms with Crippen molar-refractivity contribution < 1.29 is 14.6 Å². The van der Waals surface area contributed by atoms with E-state index in [1.165, 1.54) is 4.90 Å². The molecule has 5 nitrogen and oxygen atoms in total. The second-order valence-electron chi connectivity index (χ2n) is 4.62. The Hall–Kier alpha value is -2.18. The number of thiocarbonyl (C=S) groups is 1. The number of likely N-dealkylation sites (N-methyl/N-ethyl adjacent to an activating group) is 1. The molecule has 1 amide bonds. The van der Waals surface area contributed by atoms with Crippen molar-refractivity contribution in [2.45, 2.75) is 13.2 Å². The van der Waals surface area contributed by atoms with Crippen molar-refractivity contribution in [2.75, 3.05) is 13.7 Å². The largest absolute Gasteiger partial charge is 0.496 e. The van der Waals surface area contributed by atoms with E-state index < -0.39 is 6.23 Å². The molecule has 6 heteroatoms. The van der Waals surface area contributed by atoms with E-state index >= 15 is 0 Å². The van der Waals surface area contributed by atoms with Crippen molar-refractivity contribution in [3.63, 3.8) is 0 Å². The molecule has 0 radical (unpaired) electrons. The quantitative estimate of drug-likeness (QED) is 0.653. The Morgan fingerprint density at radius 1 is 1.45 bits per heavy atom. The molecule has 1 unspecified atom stereocenters. The molecule has 1 atom stereocenters. The fraction of sp³-hybridized carbons (Fsp3) is 0.250. The summed E-state index contributed by atoms with van der Waals surface area (Å²) in [4.78, 5) is 13.7. The number of rotatable bonds is 4. The SMILES string of the molecule is CCN1C(=O)/C(=C/C=C/c2ccccc2OC)C(O)NC1=S. The van der Waals surface area contributed by atoms with E-state index in [9.17, 15) is 9.90 Å². The second-order valence-corrected chi connectivity index (χ2v) is 5.01. The van der Waals surface area contributed by atoms with Gasteiger partial charge < -0.3 is 15.2 Å². The van der Waals surface area contributed by atoms with Gasteiger partial charge in [0.05, 0.1) is 12.7 Å². The Morgan fingerprint density at radius 3 is 2.86 bits per heavy atom. The number of aliphatic hydroxyl groups is 1. The van der Waals surface area contributed by atoms with Crippen molar-refractivity contribution in [3.05, 3.63) is 47.6 Å². The predicted molar refractivity (Wildman–Crippen MR) is 89.2 cm³/mol. The summed E-state index contributed by atoms with van der Waals surface area (Å²) in [6.45, 7) is 2.27. The van der Waals surface area contributed by atoms with Crippen LogP contribution in [0.3, 0.4) is 0 Å². The van der Waals surface area contributed by atoms with E-state index in [-0.39, 0.29) is 16.6 Å².